The van der Waals surface area contributed by atoms with Crippen LogP contribution in [0.2, 0.25) is 0 Å². The summed E-state index contributed by atoms with van der Waals surface area (Å²) in [5, 5.41) is 0. The van der Waals surface area contributed by atoms with Crippen molar-refractivity contribution in [2.75, 3.05) is 26.6 Å². The van der Waals surface area contributed by atoms with Crippen LogP contribution in [0.5, 0.6) is 17.2 Å². The van der Waals surface area contributed by atoms with Crippen molar-refractivity contribution < 1.29 is 28.2 Å². The maximum atomic E-state index is 12.7. The zero-order chi connectivity index (χ0) is 17.9. The van der Waals surface area contributed by atoms with Gasteiger partial charge in [0.15, 0.2) is 23.8 Å². The normalized spacial score (nSPS) is 18.8. The molecule has 26 heavy (non-hydrogen) atoms. The average molecular weight is 360 g/mol. The van der Waals surface area contributed by atoms with E-state index in [2.05, 4.69) is 4.98 Å². The SMILES string of the molecule is CC[C@H]1COCCN1C(=O)c1coc(COc2ccc3c(c2)OCO3)n1. The van der Waals surface area contributed by atoms with Crippen molar-refractivity contribution in [1.82, 2.24) is 9.88 Å². The first-order chi connectivity index (χ1) is 12.7. The summed E-state index contributed by atoms with van der Waals surface area (Å²) in [7, 11) is 0. The molecule has 2 aliphatic rings. The zero-order valence-corrected chi connectivity index (χ0v) is 14.5. The summed E-state index contributed by atoms with van der Waals surface area (Å²) in [6.45, 7) is 4.03. The quantitative estimate of drug-likeness (QED) is 0.808. The van der Waals surface area contributed by atoms with E-state index in [1.807, 2.05) is 6.92 Å². The second-order valence-corrected chi connectivity index (χ2v) is 6.07. The van der Waals surface area contributed by atoms with Gasteiger partial charge in [-0.3, -0.25) is 4.79 Å². The molecule has 8 nitrogen and oxygen atoms in total. The lowest BCUT2D eigenvalue weighted by Gasteiger charge is -2.34. The Labute approximate surface area is 150 Å². The lowest BCUT2D eigenvalue weighted by Crippen LogP contribution is -2.48. The molecule has 0 radical (unpaired) electrons. The van der Waals surface area contributed by atoms with Gasteiger partial charge in [-0.25, -0.2) is 4.98 Å². The van der Waals surface area contributed by atoms with Gasteiger partial charge >= 0.3 is 0 Å². The standard InChI is InChI=1S/C18H20N2O6/c1-2-12-8-22-6-5-20(12)18(21)14-9-24-17(19-14)10-23-13-3-4-15-16(7-13)26-11-25-15/h3-4,7,9,12H,2,5-6,8,10-11H2,1H3/t12-/m0/s1. The van der Waals surface area contributed by atoms with Crippen LogP contribution in [0, 0.1) is 0 Å². The van der Waals surface area contributed by atoms with Crippen LogP contribution in [0.4, 0.5) is 0 Å². The third-order valence-electron chi connectivity index (χ3n) is 4.44. The molecule has 3 heterocycles. The molecule has 0 saturated carbocycles. The zero-order valence-electron chi connectivity index (χ0n) is 14.5. The lowest BCUT2D eigenvalue weighted by atomic mass is 10.1. The third-order valence-corrected chi connectivity index (χ3v) is 4.44. The Morgan fingerprint density at radius 1 is 1.35 bits per heavy atom. The molecule has 138 valence electrons. The van der Waals surface area contributed by atoms with Crippen LogP contribution in [0.25, 0.3) is 0 Å². The highest BCUT2D eigenvalue weighted by molar-refractivity contribution is 5.92. The molecule has 1 atom stereocenters. The van der Waals surface area contributed by atoms with E-state index < -0.39 is 0 Å². The molecule has 1 saturated heterocycles. The molecular formula is C18H20N2O6. The van der Waals surface area contributed by atoms with Crippen molar-refractivity contribution in [3.8, 4) is 17.2 Å². The number of hydrogen-bond donors (Lipinski definition) is 0. The smallest absolute Gasteiger partial charge is 0.276 e. The summed E-state index contributed by atoms with van der Waals surface area (Å²) in [6.07, 6.45) is 2.21. The summed E-state index contributed by atoms with van der Waals surface area (Å²) >= 11 is 0. The predicted molar refractivity (Wildman–Crippen MR) is 89.3 cm³/mol. The van der Waals surface area contributed by atoms with Crippen LogP contribution < -0.4 is 14.2 Å². The van der Waals surface area contributed by atoms with Crippen molar-refractivity contribution in [3.63, 3.8) is 0 Å². The topological polar surface area (TPSA) is 83.3 Å². The summed E-state index contributed by atoms with van der Waals surface area (Å²) in [6, 6.07) is 5.38. The van der Waals surface area contributed by atoms with Crippen molar-refractivity contribution in [3.05, 3.63) is 36.0 Å². The van der Waals surface area contributed by atoms with Crippen LogP contribution in [-0.2, 0) is 11.3 Å². The van der Waals surface area contributed by atoms with Crippen LogP contribution >= 0.6 is 0 Å². The number of hydrogen-bond acceptors (Lipinski definition) is 7. The fraction of sp³-hybridized carbons (Fsp3) is 0.444. The van der Waals surface area contributed by atoms with Gasteiger partial charge < -0.3 is 28.3 Å². The number of ether oxygens (including phenoxy) is 4. The Hall–Kier alpha value is -2.74. The van der Waals surface area contributed by atoms with Crippen LogP contribution in [0.3, 0.4) is 0 Å². The van der Waals surface area contributed by atoms with Crippen LogP contribution in [0.15, 0.2) is 28.9 Å². The Morgan fingerprint density at radius 2 is 2.23 bits per heavy atom. The molecule has 1 fully saturated rings. The van der Waals surface area contributed by atoms with E-state index in [-0.39, 0.29) is 31.0 Å². The van der Waals surface area contributed by atoms with Gasteiger partial charge in [-0.1, -0.05) is 6.92 Å². The first-order valence-electron chi connectivity index (χ1n) is 8.60. The minimum absolute atomic E-state index is 0.0706. The first-order valence-corrected chi connectivity index (χ1v) is 8.60. The molecule has 0 spiro atoms. The van der Waals surface area contributed by atoms with E-state index in [0.29, 0.717) is 42.9 Å². The van der Waals surface area contributed by atoms with Crippen LogP contribution in [-0.4, -0.2) is 48.4 Å². The van der Waals surface area contributed by atoms with E-state index in [4.69, 9.17) is 23.4 Å². The highest BCUT2D eigenvalue weighted by atomic mass is 16.7. The van der Waals surface area contributed by atoms with Crippen LogP contribution in [0.1, 0.15) is 29.7 Å². The van der Waals surface area contributed by atoms with E-state index in [1.165, 1.54) is 6.26 Å². The summed E-state index contributed by atoms with van der Waals surface area (Å²) in [4.78, 5) is 18.7. The number of amides is 1. The summed E-state index contributed by atoms with van der Waals surface area (Å²) in [5.74, 6) is 2.14. The van der Waals surface area contributed by atoms with E-state index in [1.54, 1.807) is 23.1 Å². The number of benzene rings is 1. The molecule has 2 aliphatic heterocycles. The second-order valence-electron chi connectivity index (χ2n) is 6.07. The minimum Gasteiger partial charge on any atom is -0.484 e. The Kier molecular flexibility index (Phi) is 4.66. The number of aromatic nitrogens is 1. The predicted octanol–water partition coefficient (Wildman–Crippen LogP) is 2.23. The molecule has 0 bridgehead atoms. The van der Waals surface area contributed by atoms with Gasteiger partial charge in [-0.2, -0.15) is 0 Å². The molecule has 4 rings (SSSR count). The van der Waals surface area contributed by atoms with Crippen molar-refractivity contribution in [1.29, 1.82) is 0 Å². The summed E-state index contributed by atoms with van der Waals surface area (Å²) < 4.78 is 27.1. The monoisotopic (exact) mass is 360 g/mol. The largest absolute Gasteiger partial charge is 0.484 e. The number of carbonyl (C=O) groups excluding carboxylic acids is 1. The highest BCUT2D eigenvalue weighted by Gasteiger charge is 2.28. The van der Waals surface area contributed by atoms with E-state index in [0.717, 1.165) is 6.42 Å². The summed E-state index contributed by atoms with van der Waals surface area (Å²) in [5.41, 5.74) is 0.287. The van der Waals surface area contributed by atoms with Gasteiger partial charge in [0.05, 0.1) is 19.3 Å². The molecule has 2 aromatic rings. The van der Waals surface area contributed by atoms with Gasteiger partial charge in [0.25, 0.3) is 5.91 Å². The molecule has 1 aromatic heterocycles. The number of fused-ring (bicyclic) bond motifs is 1. The maximum Gasteiger partial charge on any atom is 0.276 e. The molecule has 0 unspecified atom stereocenters. The molecule has 1 aromatic carbocycles. The minimum atomic E-state index is -0.141. The van der Waals surface area contributed by atoms with Gasteiger partial charge in [-0.15, -0.1) is 0 Å². The van der Waals surface area contributed by atoms with Crippen molar-refractivity contribution in [2.45, 2.75) is 26.0 Å². The molecular weight excluding hydrogens is 340 g/mol. The fourth-order valence-electron chi connectivity index (χ4n) is 2.99. The fourth-order valence-corrected chi connectivity index (χ4v) is 2.99. The van der Waals surface area contributed by atoms with E-state index >= 15 is 0 Å². The maximum absolute atomic E-state index is 12.7. The number of rotatable bonds is 5. The van der Waals surface area contributed by atoms with Gasteiger partial charge in [-0.05, 0) is 18.6 Å². The Morgan fingerprint density at radius 3 is 3.12 bits per heavy atom. The third kappa shape index (κ3) is 3.32. The second kappa shape index (κ2) is 7.25. The van der Waals surface area contributed by atoms with Gasteiger partial charge in [0.2, 0.25) is 12.7 Å². The van der Waals surface area contributed by atoms with E-state index in [9.17, 15) is 4.79 Å². The lowest BCUT2D eigenvalue weighted by molar-refractivity contribution is -0.00311. The number of morpholine rings is 1. The Balaban J connectivity index is 1.39. The number of carbonyl (C=O) groups is 1. The molecule has 8 heteroatoms. The Bertz CT molecular complexity index is 790. The van der Waals surface area contributed by atoms with Crippen molar-refractivity contribution >= 4 is 5.91 Å². The van der Waals surface area contributed by atoms with Gasteiger partial charge in [0, 0.05) is 12.6 Å². The molecule has 0 aliphatic carbocycles. The number of oxazole rings is 1. The van der Waals surface area contributed by atoms with Crippen molar-refractivity contribution in [2.24, 2.45) is 0 Å². The molecule has 1 amide bonds. The first kappa shape index (κ1) is 16.7. The van der Waals surface area contributed by atoms with Gasteiger partial charge in [0.1, 0.15) is 12.0 Å². The molecule has 0 N–H and O–H groups in total. The average Bonchev–Trinajstić information content (AvgIpc) is 3.34. The highest BCUT2D eigenvalue weighted by Crippen LogP contribution is 2.35. The number of nitrogens with zero attached hydrogens (tertiary/aromatic N) is 2.